The van der Waals surface area contributed by atoms with Gasteiger partial charge in [0, 0.05) is 28.8 Å². The standard InChI is InChI=1S/C19H15F2N5OS/c1-28-18-13(21)5-14-11(6-22-25-14)17(18)9-2-3-16-23-15(8-26(16)7-9)24-19(27)10-4-12(10)20/h2-3,5-8,10,12H,4H2,1H3,(H,22,25)(H,24,27). The summed E-state index contributed by atoms with van der Waals surface area (Å²) in [6.45, 7) is 0. The lowest BCUT2D eigenvalue weighted by Gasteiger charge is -2.11. The van der Waals surface area contributed by atoms with Gasteiger partial charge in [0.2, 0.25) is 5.91 Å². The average Bonchev–Trinajstić information content (AvgIpc) is 3.05. The molecular weight excluding hydrogens is 384 g/mol. The number of aromatic nitrogens is 4. The van der Waals surface area contributed by atoms with Gasteiger partial charge in [0.25, 0.3) is 0 Å². The second-order valence-corrected chi connectivity index (χ2v) is 7.57. The van der Waals surface area contributed by atoms with E-state index in [-0.39, 0.29) is 18.1 Å². The van der Waals surface area contributed by atoms with Gasteiger partial charge in [-0.05, 0) is 24.8 Å². The van der Waals surface area contributed by atoms with Gasteiger partial charge in [-0.3, -0.25) is 9.89 Å². The molecule has 28 heavy (non-hydrogen) atoms. The Morgan fingerprint density at radius 2 is 2.21 bits per heavy atom. The van der Waals surface area contributed by atoms with Gasteiger partial charge in [0.1, 0.15) is 17.6 Å². The lowest BCUT2D eigenvalue weighted by Crippen LogP contribution is -2.15. The summed E-state index contributed by atoms with van der Waals surface area (Å²) in [6.07, 6.45) is 6.20. The van der Waals surface area contributed by atoms with E-state index in [2.05, 4.69) is 20.5 Å². The molecule has 1 aliphatic rings. The Labute approximate surface area is 162 Å². The predicted octanol–water partition coefficient (Wildman–Crippen LogP) is 4.04. The predicted molar refractivity (Wildman–Crippen MR) is 104 cm³/mol. The zero-order valence-electron chi connectivity index (χ0n) is 14.7. The maximum absolute atomic E-state index is 14.6. The number of halogens is 2. The number of carbonyl (C=O) groups is 1. The summed E-state index contributed by atoms with van der Waals surface area (Å²) in [4.78, 5) is 16.8. The van der Waals surface area contributed by atoms with Crippen molar-refractivity contribution < 1.29 is 13.6 Å². The summed E-state index contributed by atoms with van der Waals surface area (Å²) in [6, 6.07) is 5.09. The first-order valence-corrected chi connectivity index (χ1v) is 9.91. The Kier molecular flexibility index (Phi) is 3.87. The van der Waals surface area contributed by atoms with Gasteiger partial charge in [-0.2, -0.15) is 5.10 Å². The number of rotatable bonds is 4. The SMILES string of the molecule is CSc1c(F)cc2[nH]ncc2c1-c1ccc2nc(NC(=O)C3CC3F)cn2c1. The molecular formula is C19H15F2N5OS. The Morgan fingerprint density at radius 3 is 2.96 bits per heavy atom. The third-order valence-corrected chi connectivity index (χ3v) is 5.71. The number of carbonyl (C=O) groups excluding carboxylic acids is 1. The van der Waals surface area contributed by atoms with Crippen molar-refractivity contribution in [1.29, 1.82) is 0 Å². The largest absolute Gasteiger partial charge is 0.309 e. The molecule has 2 unspecified atom stereocenters. The first kappa shape index (κ1) is 17.2. The molecule has 6 nitrogen and oxygen atoms in total. The van der Waals surface area contributed by atoms with Crippen molar-refractivity contribution in [1.82, 2.24) is 19.6 Å². The second-order valence-electron chi connectivity index (χ2n) is 6.75. The van der Waals surface area contributed by atoms with E-state index >= 15 is 0 Å². The molecule has 4 aromatic rings. The fourth-order valence-electron chi connectivity index (χ4n) is 3.38. The van der Waals surface area contributed by atoms with Crippen molar-refractivity contribution in [3.8, 4) is 11.1 Å². The van der Waals surface area contributed by atoms with Crippen LogP contribution in [0.25, 0.3) is 27.7 Å². The summed E-state index contributed by atoms with van der Waals surface area (Å²) in [5.74, 6) is -0.889. The van der Waals surface area contributed by atoms with Gasteiger partial charge in [-0.1, -0.05) is 0 Å². The molecule has 2 atom stereocenters. The summed E-state index contributed by atoms with van der Waals surface area (Å²) in [7, 11) is 0. The van der Waals surface area contributed by atoms with Crippen LogP contribution in [-0.2, 0) is 4.79 Å². The Hall–Kier alpha value is -2.94. The molecule has 0 saturated heterocycles. The Bertz CT molecular complexity index is 1230. The molecule has 3 heterocycles. The molecule has 142 valence electrons. The van der Waals surface area contributed by atoms with Crippen molar-refractivity contribution in [2.75, 3.05) is 11.6 Å². The smallest absolute Gasteiger partial charge is 0.231 e. The van der Waals surface area contributed by atoms with Gasteiger partial charge in [0.05, 0.1) is 28.7 Å². The van der Waals surface area contributed by atoms with E-state index in [4.69, 9.17) is 0 Å². The highest BCUT2D eigenvalue weighted by molar-refractivity contribution is 7.98. The number of thioether (sulfide) groups is 1. The number of benzene rings is 1. The number of hydrogen-bond acceptors (Lipinski definition) is 4. The normalized spacial score (nSPS) is 18.7. The van der Waals surface area contributed by atoms with E-state index in [1.807, 2.05) is 18.5 Å². The van der Waals surface area contributed by atoms with E-state index in [0.29, 0.717) is 21.9 Å². The van der Waals surface area contributed by atoms with Crippen LogP contribution in [0.5, 0.6) is 0 Å². The van der Waals surface area contributed by atoms with Crippen LogP contribution in [0.2, 0.25) is 0 Å². The highest BCUT2D eigenvalue weighted by Gasteiger charge is 2.43. The molecule has 1 aliphatic carbocycles. The molecule has 1 aromatic carbocycles. The quantitative estimate of drug-likeness (QED) is 0.508. The number of nitrogens with zero attached hydrogens (tertiary/aromatic N) is 3. The van der Waals surface area contributed by atoms with Crippen LogP contribution in [0.15, 0.2) is 41.7 Å². The zero-order valence-corrected chi connectivity index (χ0v) is 15.6. The summed E-state index contributed by atoms with van der Waals surface area (Å²) in [5.41, 5.74) is 2.78. The van der Waals surface area contributed by atoms with Crippen molar-refractivity contribution in [2.24, 2.45) is 5.92 Å². The molecule has 5 rings (SSSR count). The first-order chi connectivity index (χ1) is 13.5. The number of fused-ring (bicyclic) bond motifs is 2. The van der Waals surface area contributed by atoms with Crippen LogP contribution < -0.4 is 5.32 Å². The molecule has 0 radical (unpaired) electrons. The third kappa shape index (κ3) is 2.73. The molecule has 3 aromatic heterocycles. The molecule has 1 fully saturated rings. The van der Waals surface area contributed by atoms with Crippen molar-refractivity contribution in [3.63, 3.8) is 0 Å². The average molecular weight is 399 g/mol. The number of hydrogen-bond donors (Lipinski definition) is 2. The first-order valence-electron chi connectivity index (χ1n) is 8.69. The van der Waals surface area contributed by atoms with Crippen LogP contribution in [0.1, 0.15) is 6.42 Å². The molecule has 1 saturated carbocycles. The highest BCUT2D eigenvalue weighted by atomic mass is 32.2. The van der Waals surface area contributed by atoms with Crippen molar-refractivity contribution in [2.45, 2.75) is 17.5 Å². The molecule has 9 heteroatoms. The zero-order chi connectivity index (χ0) is 19.4. The number of pyridine rings is 1. The van der Waals surface area contributed by atoms with Crippen molar-refractivity contribution in [3.05, 3.63) is 42.6 Å². The minimum atomic E-state index is -1.06. The monoisotopic (exact) mass is 399 g/mol. The Balaban J connectivity index is 1.58. The van der Waals surface area contributed by atoms with E-state index in [9.17, 15) is 13.6 Å². The number of nitrogens with one attached hydrogen (secondary N) is 2. The minimum absolute atomic E-state index is 0.265. The number of alkyl halides is 1. The van der Waals surface area contributed by atoms with E-state index in [0.717, 1.165) is 16.5 Å². The van der Waals surface area contributed by atoms with Gasteiger partial charge in [0.15, 0.2) is 5.82 Å². The second kappa shape index (κ2) is 6.30. The van der Waals surface area contributed by atoms with Gasteiger partial charge in [-0.25, -0.2) is 13.8 Å². The van der Waals surface area contributed by atoms with Crippen LogP contribution in [0, 0.1) is 11.7 Å². The maximum Gasteiger partial charge on any atom is 0.231 e. The topological polar surface area (TPSA) is 75.1 Å². The summed E-state index contributed by atoms with van der Waals surface area (Å²) < 4.78 is 29.4. The van der Waals surface area contributed by atoms with Gasteiger partial charge >= 0.3 is 0 Å². The molecule has 1 amide bonds. The number of amides is 1. The van der Waals surface area contributed by atoms with Crippen molar-refractivity contribution >= 4 is 40.0 Å². The third-order valence-electron chi connectivity index (χ3n) is 4.90. The van der Waals surface area contributed by atoms with Crippen LogP contribution in [0.4, 0.5) is 14.6 Å². The number of aromatic amines is 1. The van der Waals surface area contributed by atoms with E-state index in [1.54, 1.807) is 22.9 Å². The number of anilines is 1. The highest BCUT2D eigenvalue weighted by Crippen LogP contribution is 2.38. The number of imidazole rings is 1. The molecule has 2 N–H and O–H groups in total. The van der Waals surface area contributed by atoms with Crippen LogP contribution in [0.3, 0.4) is 0 Å². The summed E-state index contributed by atoms with van der Waals surface area (Å²) in [5, 5.41) is 10.3. The molecule has 0 spiro atoms. The lowest BCUT2D eigenvalue weighted by molar-refractivity contribution is -0.117. The maximum atomic E-state index is 14.6. The fourth-order valence-corrected chi connectivity index (χ4v) is 4.07. The van der Waals surface area contributed by atoms with E-state index in [1.165, 1.54) is 17.8 Å². The Morgan fingerprint density at radius 1 is 1.39 bits per heavy atom. The van der Waals surface area contributed by atoms with Gasteiger partial charge in [-0.15, -0.1) is 11.8 Å². The van der Waals surface area contributed by atoms with Crippen LogP contribution >= 0.6 is 11.8 Å². The molecule has 0 bridgehead atoms. The lowest BCUT2D eigenvalue weighted by atomic mass is 10.0. The van der Waals surface area contributed by atoms with Gasteiger partial charge < -0.3 is 9.72 Å². The summed E-state index contributed by atoms with van der Waals surface area (Å²) >= 11 is 1.33. The number of H-pyrrole nitrogens is 1. The fraction of sp³-hybridized carbons (Fsp3) is 0.211. The van der Waals surface area contributed by atoms with E-state index < -0.39 is 12.1 Å². The molecule has 0 aliphatic heterocycles. The van der Waals surface area contributed by atoms with Crippen LogP contribution in [-0.4, -0.2) is 37.9 Å². The minimum Gasteiger partial charge on any atom is -0.309 e.